The van der Waals surface area contributed by atoms with Gasteiger partial charge in [0.2, 0.25) is 0 Å². The summed E-state index contributed by atoms with van der Waals surface area (Å²) < 4.78 is 0. The van der Waals surface area contributed by atoms with E-state index in [4.69, 9.17) is 10.8 Å². The molecule has 5 heteroatoms. The molecule has 0 bridgehead atoms. The number of β-amino-alcohol motifs (C(OH)–C–C–N with tert-alkyl or cyclic N) is 1. The molecule has 0 saturated carbocycles. The van der Waals surface area contributed by atoms with E-state index >= 15 is 0 Å². The number of carbonyl (C=O) groups excluding carboxylic acids is 1. The number of hydrogen-bond donors (Lipinski definition) is 2. The summed E-state index contributed by atoms with van der Waals surface area (Å²) in [7, 11) is 0. The third kappa shape index (κ3) is 4.52. The number of aliphatic hydroxyl groups excluding tert-OH is 1. The van der Waals surface area contributed by atoms with Gasteiger partial charge in [0.1, 0.15) is 0 Å². The van der Waals surface area contributed by atoms with Crippen LogP contribution in [0.25, 0.3) is 0 Å². The zero-order chi connectivity index (χ0) is 15.1. The lowest BCUT2D eigenvalue weighted by Gasteiger charge is -2.21. The molecule has 0 radical (unpaired) electrons. The fraction of sp³-hybridized carbons (Fsp3) is 0.562. The second-order valence-electron chi connectivity index (χ2n) is 5.45. The topological polar surface area (TPSA) is 69.8 Å². The first-order valence-corrected chi connectivity index (χ1v) is 7.66. The number of hydrogen-bond acceptors (Lipinski definition) is 4. The minimum Gasteiger partial charge on any atom is -0.395 e. The van der Waals surface area contributed by atoms with Crippen LogP contribution in [0.5, 0.6) is 0 Å². The fourth-order valence-corrected chi connectivity index (χ4v) is 2.75. The molecule has 0 spiro atoms. The van der Waals surface area contributed by atoms with Crippen LogP contribution in [0.15, 0.2) is 24.3 Å². The van der Waals surface area contributed by atoms with Crippen LogP contribution >= 0.6 is 0 Å². The lowest BCUT2D eigenvalue weighted by atomic mass is 10.1. The van der Waals surface area contributed by atoms with Crippen molar-refractivity contribution in [1.82, 2.24) is 9.80 Å². The quantitative estimate of drug-likeness (QED) is 0.820. The van der Waals surface area contributed by atoms with Crippen LogP contribution in [0.2, 0.25) is 0 Å². The normalized spacial score (nSPS) is 16.8. The number of aliphatic hydroxyl groups is 1. The van der Waals surface area contributed by atoms with Crippen molar-refractivity contribution in [1.29, 1.82) is 0 Å². The third-order valence-electron chi connectivity index (χ3n) is 3.90. The average Bonchev–Trinajstić information content (AvgIpc) is 2.73. The summed E-state index contributed by atoms with van der Waals surface area (Å²) in [5, 5.41) is 9.01. The van der Waals surface area contributed by atoms with Crippen LogP contribution < -0.4 is 5.73 Å². The molecule has 0 atom stereocenters. The predicted octanol–water partition coefficient (Wildman–Crippen LogP) is 0.328. The van der Waals surface area contributed by atoms with E-state index in [1.807, 2.05) is 29.2 Å². The lowest BCUT2D eigenvalue weighted by Crippen LogP contribution is -2.36. The predicted molar refractivity (Wildman–Crippen MR) is 83.2 cm³/mol. The molecule has 5 nitrogen and oxygen atoms in total. The number of amides is 1. The van der Waals surface area contributed by atoms with Gasteiger partial charge >= 0.3 is 0 Å². The number of carbonyl (C=O) groups is 1. The molecule has 0 aliphatic carbocycles. The molecule has 1 fully saturated rings. The highest BCUT2D eigenvalue weighted by atomic mass is 16.3. The number of benzene rings is 1. The summed E-state index contributed by atoms with van der Waals surface area (Å²) in [6.07, 6.45) is 1.75. The molecule has 1 aliphatic heterocycles. The van der Waals surface area contributed by atoms with Crippen LogP contribution in [0.1, 0.15) is 22.3 Å². The van der Waals surface area contributed by atoms with Gasteiger partial charge in [-0.15, -0.1) is 0 Å². The second-order valence-corrected chi connectivity index (χ2v) is 5.45. The van der Waals surface area contributed by atoms with Crippen molar-refractivity contribution in [2.45, 2.75) is 12.8 Å². The van der Waals surface area contributed by atoms with Gasteiger partial charge in [-0.25, -0.2) is 0 Å². The summed E-state index contributed by atoms with van der Waals surface area (Å²) in [4.78, 5) is 16.7. The average molecular weight is 291 g/mol. The Balaban J connectivity index is 2.00. The first-order valence-electron chi connectivity index (χ1n) is 7.66. The van der Waals surface area contributed by atoms with Gasteiger partial charge in [-0.3, -0.25) is 9.69 Å². The Morgan fingerprint density at radius 1 is 1.24 bits per heavy atom. The largest absolute Gasteiger partial charge is 0.395 e. The maximum absolute atomic E-state index is 12.6. The molecule has 1 aromatic rings. The Kier molecular flexibility index (Phi) is 6.17. The van der Waals surface area contributed by atoms with Crippen molar-refractivity contribution in [2.24, 2.45) is 5.73 Å². The summed E-state index contributed by atoms with van der Waals surface area (Å²) in [5.41, 5.74) is 7.43. The van der Waals surface area contributed by atoms with Crippen LogP contribution in [0.3, 0.4) is 0 Å². The van der Waals surface area contributed by atoms with Gasteiger partial charge in [0.15, 0.2) is 0 Å². The minimum atomic E-state index is 0.0970. The summed E-state index contributed by atoms with van der Waals surface area (Å²) >= 11 is 0. The molecule has 1 aliphatic rings. The number of nitrogens with two attached hydrogens (primary N) is 1. The lowest BCUT2D eigenvalue weighted by molar-refractivity contribution is 0.0760. The van der Waals surface area contributed by atoms with Gasteiger partial charge in [0.05, 0.1) is 6.61 Å². The van der Waals surface area contributed by atoms with Crippen LogP contribution in [0.4, 0.5) is 0 Å². The molecule has 0 aromatic heterocycles. The van der Waals surface area contributed by atoms with E-state index in [1.54, 1.807) is 0 Å². The van der Waals surface area contributed by atoms with Crippen molar-refractivity contribution in [3.8, 4) is 0 Å². The van der Waals surface area contributed by atoms with E-state index in [2.05, 4.69) is 4.90 Å². The highest BCUT2D eigenvalue weighted by molar-refractivity contribution is 5.94. The maximum Gasteiger partial charge on any atom is 0.253 e. The number of rotatable bonds is 5. The van der Waals surface area contributed by atoms with E-state index in [0.29, 0.717) is 13.1 Å². The molecular formula is C16H25N3O2. The molecule has 2 rings (SSSR count). The van der Waals surface area contributed by atoms with Crippen LogP contribution in [-0.2, 0) is 6.42 Å². The van der Waals surface area contributed by atoms with Crippen molar-refractivity contribution in [3.05, 3.63) is 35.4 Å². The monoisotopic (exact) mass is 291 g/mol. The van der Waals surface area contributed by atoms with Crippen molar-refractivity contribution >= 4 is 5.91 Å². The van der Waals surface area contributed by atoms with E-state index in [1.165, 1.54) is 0 Å². The van der Waals surface area contributed by atoms with Gasteiger partial charge in [0, 0.05) is 31.7 Å². The Bertz CT molecular complexity index is 465. The molecule has 1 saturated heterocycles. The number of nitrogens with zero attached hydrogens (tertiary/aromatic N) is 2. The first kappa shape index (κ1) is 15.9. The zero-order valence-electron chi connectivity index (χ0n) is 12.5. The Labute approximate surface area is 126 Å². The smallest absolute Gasteiger partial charge is 0.253 e. The fourth-order valence-electron chi connectivity index (χ4n) is 2.75. The second kappa shape index (κ2) is 8.12. The SMILES string of the molecule is NCCc1cccc(C(=O)N2CCCN(CCO)CC2)c1. The summed E-state index contributed by atoms with van der Waals surface area (Å²) in [5.74, 6) is 0.0970. The van der Waals surface area contributed by atoms with E-state index in [-0.39, 0.29) is 12.5 Å². The molecule has 1 heterocycles. The first-order chi connectivity index (χ1) is 10.2. The Hall–Kier alpha value is -1.43. The molecule has 3 N–H and O–H groups in total. The van der Waals surface area contributed by atoms with E-state index < -0.39 is 0 Å². The van der Waals surface area contributed by atoms with Gasteiger partial charge in [-0.2, -0.15) is 0 Å². The molecule has 21 heavy (non-hydrogen) atoms. The van der Waals surface area contributed by atoms with Gasteiger partial charge in [-0.1, -0.05) is 12.1 Å². The maximum atomic E-state index is 12.6. The van der Waals surface area contributed by atoms with E-state index in [9.17, 15) is 4.79 Å². The van der Waals surface area contributed by atoms with Crippen LogP contribution in [0, 0.1) is 0 Å². The molecule has 0 unspecified atom stereocenters. The molecule has 1 amide bonds. The van der Waals surface area contributed by atoms with Crippen molar-refractivity contribution in [3.63, 3.8) is 0 Å². The van der Waals surface area contributed by atoms with Gasteiger partial charge in [-0.05, 0) is 43.6 Å². The van der Waals surface area contributed by atoms with Crippen molar-refractivity contribution < 1.29 is 9.90 Å². The van der Waals surface area contributed by atoms with Gasteiger partial charge in [0.25, 0.3) is 5.91 Å². The van der Waals surface area contributed by atoms with Crippen molar-refractivity contribution in [2.75, 3.05) is 45.9 Å². The van der Waals surface area contributed by atoms with Gasteiger partial charge < -0.3 is 15.7 Å². The highest BCUT2D eigenvalue weighted by Gasteiger charge is 2.20. The summed E-state index contributed by atoms with van der Waals surface area (Å²) in [6.45, 7) is 4.73. The highest BCUT2D eigenvalue weighted by Crippen LogP contribution is 2.11. The Morgan fingerprint density at radius 3 is 2.86 bits per heavy atom. The van der Waals surface area contributed by atoms with Crippen LogP contribution in [-0.4, -0.2) is 66.7 Å². The molecule has 1 aromatic carbocycles. The summed E-state index contributed by atoms with van der Waals surface area (Å²) in [6, 6.07) is 7.76. The molecule has 116 valence electrons. The molecular weight excluding hydrogens is 266 g/mol. The minimum absolute atomic E-state index is 0.0970. The Morgan fingerprint density at radius 2 is 2.10 bits per heavy atom. The standard InChI is InChI=1S/C16H25N3O2/c17-6-5-14-3-1-4-15(13-14)16(21)19-8-2-7-18(9-10-19)11-12-20/h1,3-4,13,20H,2,5-12,17H2. The van der Waals surface area contributed by atoms with E-state index in [0.717, 1.165) is 50.1 Å². The third-order valence-corrected chi connectivity index (χ3v) is 3.90. The zero-order valence-corrected chi connectivity index (χ0v) is 12.5.